The molecular weight excluding hydrogens is 214 g/mol. The second-order valence-corrected chi connectivity index (χ2v) is 5.11. The van der Waals surface area contributed by atoms with E-state index in [2.05, 4.69) is 36.3 Å². The van der Waals surface area contributed by atoms with Crippen LogP contribution in [0.25, 0.3) is 0 Å². The van der Waals surface area contributed by atoms with Gasteiger partial charge in [0.2, 0.25) is 5.88 Å². The monoisotopic (exact) mass is 237 g/mol. The first-order valence-electron chi connectivity index (χ1n) is 6.18. The smallest absolute Gasteiger partial charge is 0.233 e. The maximum Gasteiger partial charge on any atom is 0.233 e. The van der Waals surface area contributed by atoms with Gasteiger partial charge in [0.1, 0.15) is 5.60 Å². The van der Waals surface area contributed by atoms with Crippen molar-refractivity contribution in [2.75, 3.05) is 0 Å². The molecule has 1 aromatic heterocycles. The summed E-state index contributed by atoms with van der Waals surface area (Å²) in [5.74, 6) is 0.588. The largest absolute Gasteiger partial charge is 0.471 e. The van der Waals surface area contributed by atoms with E-state index in [0.29, 0.717) is 11.9 Å². The van der Waals surface area contributed by atoms with Crippen LogP contribution in [0.1, 0.15) is 46.7 Å². The molecule has 0 aliphatic rings. The summed E-state index contributed by atoms with van der Waals surface area (Å²) in [6.07, 6.45) is 0.936. The van der Waals surface area contributed by atoms with Gasteiger partial charge in [-0.25, -0.2) is 0 Å². The Morgan fingerprint density at radius 3 is 2.47 bits per heavy atom. The molecule has 1 aromatic rings. The lowest BCUT2D eigenvalue weighted by Crippen LogP contribution is -2.27. The van der Waals surface area contributed by atoms with Crippen molar-refractivity contribution in [1.82, 2.24) is 15.5 Å². The van der Waals surface area contributed by atoms with E-state index in [9.17, 15) is 0 Å². The molecule has 0 unspecified atom stereocenters. The summed E-state index contributed by atoms with van der Waals surface area (Å²) in [4.78, 5) is 0. The highest BCUT2D eigenvalue weighted by Gasteiger charge is 2.17. The van der Waals surface area contributed by atoms with Crippen molar-refractivity contribution in [2.24, 2.45) is 0 Å². The standard InChI is InChI=1S/C13H23N3O/c1-6-13(4,5)17-12-8-7-11(15-16-12)9-14-10(2)3/h7-8,10,14H,6,9H2,1-5H3. The van der Waals surface area contributed by atoms with Crippen LogP contribution in [0, 0.1) is 0 Å². The number of nitrogens with one attached hydrogen (secondary N) is 1. The second kappa shape index (κ2) is 5.96. The minimum absolute atomic E-state index is 0.188. The molecular formula is C13H23N3O. The molecule has 1 heterocycles. The van der Waals surface area contributed by atoms with Gasteiger partial charge in [0, 0.05) is 18.7 Å². The predicted molar refractivity (Wildman–Crippen MR) is 69.0 cm³/mol. The van der Waals surface area contributed by atoms with Crippen LogP contribution in [0.3, 0.4) is 0 Å². The topological polar surface area (TPSA) is 47.0 Å². The highest BCUT2D eigenvalue weighted by atomic mass is 16.5. The van der Waals surface area contributed by atoms with Gasteiger partial charge in [-0.15, -0.1) is 5.10 Å². The third-order valence-corrected chi connectivity index (χ3v) is 2.62. The predicted octanol–water partition coefficient (Wildman–Crippen LogP) is 2.54. The summed E-state index contributed by atoms with van der Waals surface area (Å²) in [6.45, 7) is 11.1. The number of hydrogen-bond donors (Lipinski definition) is 1. The molecule has 0 aromatic carbocycles. The Morgan fingerprint density at radius 2 is 2.00 bits per heavy atom. The lowest BCUT2D eigenvalue weighted by molar-refractivity contribution is 0.0975. The molecule has 0 spiro atoms. The van der Waals surface area contributed by atoms with Gasteiger partial charge in [-0.2, -0.15) is 5.10 Å². The third-order valence-electron chi connectivity index (χ3n) is 2.62. The summed E-state index contributed by atoms with van der Waals surface area (Å²) in [6, 6.07) is 4.28. The minimum atomic E-state index is -0.188. The first-order valence-corrected chi connectivity index (χ1v) is 6.18. The van der Waals surface area contributed by atoms with E-state index in [0.717, 1.165) is 18.7 Å². The van der Waals surface area contributed by atoms with E-state index in [4.69, 9.17) is 4.74 Å². The summed E-state index contributed by atoms with van der Waals surface area (Å²) >= 11 is 0. The summed E-state index contributed by atoms with van der Waals surface area (Å²) < 4.78 is 5.74. The van der Waals surface area contributed by atoms with Crippen molar-refractivity contribution in [1.29, 1.82) is 0 Å². The van der Waals surface area contributed by atoms with E-state index in [1.54, 1.807) is 0 Å². The van der Waals surface area contributed by atoms with Gasteiger partial charge in [0.05, 0.1) is 5.69 Å². The molecule has 1 rings (SSSR count). The summed E-state index contributed by atoms with van der Waals surface area (Å²) in [5, 5.41) is 11.5. The quantitative estimate of drug-likeness (QED) is 0.826. The fourth-order valence-electron chi connectivity index (χ4n) is 1.16. The van der Waals surface area contributed by atoms with Crippen molar-refractivity contribution in [2.45, 2.75) is 59.2 Å². The molecule has 4 nitrogen and oxygen atoms in total. The fourth-order valence-corrected chi connectivity index (χ4v) is 1.16. The van der Waals surface area contributed by atoms with Crippen molar-refractivity contribution in [3.63, 3.8) is 0 Å². The van der Waals surface area contributed by atoms with Gasteiger partial charge in [-0.3, -0.25) is 0 Å². The Bertz CT molecular complexity index is 333. The zero-order chi connectivity index (χ0) is 12.9. The maximum absolute atomic E-state index is 5.74. The first-order chi connectivity index (χ1) is 7.93. The molecule has 0 saturated heterocycles. The molecule has 1 N–H and O–H groups in total. The van der Waals surface area contributed by atoms with E-state index in [1.807, 2.05) is 26.0 Å². The van der Waals surface area contributed by atoms with E-state index in [-0.39, 0.29) is 5.60 Å². The Kier molecular flexibility index (Phi) is 4.87. The maximum atomic E-state index is 5.74. The van der Waals surface area contributed by atoms with Gasteiger partial charge in [0.15, 0.2) is 0 Å². The molecule has 0 radical (unpaired) electrons. The Balaban J connectivity index is 2.56. The number of aromatic nitrogens is 2. The van der Waals surface area contributed by atoms with Crippen molar-refractivity contribution < 1.29 is 4.74 Å². The molecule has 4 heteroatoms. The Labute approximate surface area is 104 Å². The molecule has 0 aliphatic heterocycles. The highest BCUT2D eigenvalue weighted by Crippen LogP contribution is 2.17. The average molecular weight is 237 g/mol. The Morgan fingerprint density at radius 1 is 1.29 bits per heavy atom. The van der Waals surface area contributed by atoms with Crippen LogP contribution in [-0.4, -0.2) is 21.8 Å². The van der Waals surface area contributed by atoms with Crippen molar-refractivity contribution in [3.05, 3.63) is 17.8 Å². The van der Waals surface area contributed by atoms with Gasteiger partial charge >= 0.3 is 0 Å². The molecule has 0 amide bonds. The van der Waals surface area contributed by atoms with Crippen LogP contribution in [0.5, 0.6) is 5.88 Å². The third kappa shape index (κ3) is 5.13. The lowest BCUT2D eigenvalue weighted by atomic mass is 10.1. The minimum Gasteiger partial charge on any atom is -0.471 e. The second-order valence-electron chi connectivity index (χ2n) is 5.11. The Hall–Kier alpha value is -1.16. The zero-order valence-electron chi connectivity index (χ0n) is 11.4. The molecule has 0 aliphatic carbocycles. The van der Waals surface area contributed by atoms with Crippen molar-refractivity contribution in [3.8, 4) is 5.88 Å². The lowest BCUT2D eigenvalue weighted by Gasteiger charge is -2.23. The number of nitrogens with zero attached hydrogens (tertiary/aromatic N) is 2. The average Bonchev–Trinajstić information content (AvgIpc) is 2.28. The van der Waals surface area contributed by atoms with Gasteiger partial charge in [-0.05, 0) is 26.3 Å². The van der Waals surface area contributed by atoms with E-state index >= 15 is 0 Å². The van der Waals surface area contributed by atoms with Crippen LogP contribution in [0.2, 0.25) is 0 Å². The number of ether oxygens (including phenoxy) is 1. The molecule has 0 atom stereocenters. The van der Waals surface area contributed by atoms with E-state index < -0.39 is 0 Å². The van der Waals surface area contributed by atoms with Crippen LogP contribution in [0.4, 0.5) is 0 Å². The normalized spacial score (nSPS) is 11.9. The molecule has 0 bridgehead atoms. The molecule has 17 heavy (non-hydrogen) atoms. The number of hydrogen-bond acceptors (Lipinski definition) is 4. The van der Waals surface area contributed by atoms with E-state index in [1.165, 1.54) is 0 Å². The van der Waals surface area contributed by atoms with Gasteiger partial charge in [-0.1, -0.05) is 20.8 Å². The highest BCUT2D eigenvalue weighted by molar-refractivity contribution is 5.12. The van der Waals surface area contributed by atoms with Crippen LogP contribution < -0.4 is 10.1 Å². The van der Waals surface area contributed by atoms with Crippen LogP contribution >= 0.6 is 0 Å². The van der Waals surface area contributed by atoms with Crippen LogP contribution in [-0.2, 0) is 6.54 Å². The molecule has 96 valence electrons. The zero-order valence-corrected chi connectivity index (χ0v) is 11.4. The molecule has 0 saturated carbocycles. The SMILES string of the molecule is CCC(C)(C)Oc1ccc(CNC(C)C)nn1. The molecule has 0 fully saturated rings. The van der Waals surface area contributed by atoms with Gasteiger partial charge < -0.3 is 10.1 Å². The summed E-state index contributed by atoms with van der Waals surface area (Å²) in [7, 11) is 0. The number of rotatable bonds is 6. The fraction of sp³-hybridized carbons (Fsp3) is 0.692. The van der Waals surface area contributed by atoms with Crippen molar-refractivity contribution >= 4 is 0 Å². The van der Waals surface area contributed by atoms with Crippen LogP contribution in [0.15, 0.2) is 12.1 Å². The summed E-state index contributed by atoms with van der Waals surface area (Å²) in [5.41, 5.74) is 0.743. The first kappa shape index (κ1) is 13.9. The van der Waals surface area contributed by atoms with Gasteiger partial charge in [0.25, 0.3) is 0 Å².